The van der Waals surface area contributed by atoms with Gasteiger partial charge in [0.05, 0.1) is 61.9 Å². The molecule has 0 spiro atoms. The predicted molar refractivity (Wildman–Crippen MR) is 306 cm³/mol. The minimum atomic E-state index is -5.88. The number of quaternary nitrogens is 3. The van der Waals surface area contributed by atoms with Crippen molar-refractivity contribution in [1.29, 1.82) is 0 Å². The Bertz CT molecular complexity index is 1580. The van der Waals surface area contributed by atoms with E-state index in [1.54, 1.807) is 0 Å². The molecular formula is C63H108AsN3O4. The Balaban J connectivity index is 0.000000985. The van der Waals surface area contributed by atoms with E-state index in [4.69, 9.17) is 16.0 Å². The molecule has 3 rings (SSSR count). The molecule has 0 aliphatic heterocycles. The molecule has 71 heavy (non-hydrogen) atoms. The minimum absolute atomic E-state index is 1.09. The second kappa shape index (κ2) is 41.4. The van der Waals surface area contributed by atoms with Gasteiger partial charge in [-0.05, 0) is 55.2 Å². The Morgan fingerprint density at radius 3 is 0.690 bits per heavy atom. The molecule has 0 heterocycles. The number of hydrogen-bond donors (Lipinski definition) is 0. The molecule has 0 radical (unpaired) electrons. The van der Waals surface area contributed by atoms with Gasteiger partial charge in [-0.1, -0.05) is 247 Å². The Morgan fingerprint density at radius 1 is 0.352 bits per heavy atom. The van der Waals surface area contributed by atoms with E-state index in [1.807, 2.05) is 18.2 Å². The van der Waals surface area contributed by atoms with Crippen molar-refractivity contribution < 1.29 is 29.5 Å². The maximum absolute atomic E-state index is 8.61. The van der Waals surface area contributed by atoms with Gasteiger partial charge in [-0.15, -0.1) is 0 Å². The molecule has 3 aromatic carbocycles. The van der Waals surface area contributed by atoms with Crippen molar-refractivity contribution in [3.8, 4) is 0 Å². The van der Waals surface area contributed by atoms with Crippen molar-refractivity contribution in [2.75, 3.05) is 61.9 Å². The molecule has 7 nitrogen and oxygen atoms in total. The van der Waals surface area contributed by atoms with Crippen LogP contribution in [-0.2, 0) is 23.4 Å². The van der Waals surface area contributed by atoms with E-state index in [0.29, 0.717) is 0 Å². The zero-order chi connectivity index (χ0) is 53.3. The molecule has 0 amide bonds. The third-order valence-corrected chi connectivity index (χ3v) is 13.3. The monoisotopic (exact) mass is 1050 g/mol. The molecule has 0 unspecified atom stereocenters. The quantitative estimate of drug-likeness (QED) is 0.0330. The first-order valence-electron chi connectivity index (χ1n) is 28.0. The number of nitrogens with zero attached hydrogens (tertiary/aromatic N) is 3. The van der Waals surface area contributed by atoms with E-state index in [2.05, 4.69) is 156 Å². The molecule has 0 atom stereocenters. The standard InChI is InChI=1S/3C21H36N.AsH3O4/c3*1-5-7-8-9-10-11-12-13-18-22(3,4)19-21-16-14-20(6-2)15-17-21;2-1(3,4)5/h3*6,14-17H,2,5,7-13,18-19H2,1,3-4H3;(H3,2,3,4,5)/q3*+1;/p-3. The molecule has 0 aliphatic carbocycles. The van der Waals surface area contributed by atoms with E-state index < -0.39 is 14.5 Å². The summed E-state index contributed by atoms with van der Waals surface area (Å²) in [5.74, 6) is 0. The molecule has 8 heteroatoms. The molecule has 3 aromatic rings. The zero-order valence-corrected chi connectivity index (χ0v) is 49.3. The predicted octanol–water partition coefficient (Wildman–Crippen LogP) is 14.1. The second-order valence-electron chi connectivity index (χ2n) is 22.2. The van der Waals surface area contributed by atoms with Crippen LogP contribution in [0.25, 0.3) is 18.2 Å². The van der Waals surface area contributed by atoms with Gasteiger partial charge in [0, 0.05) is 16.7 Å². The fourth-order valence-corrected chi connectivity index (χ4v) is 9.02. The second-order valence-corrected chi connectivity index (χ2v) is 24.0. The fourth-order valence-electron chi connectivity index (χ4n) is 9.02. The molecule has 0 fully saturated rings. The maximum atomic E-state index is 8.61. The number of unbranched alkanes of at least 4 members (excludes halogenated alkanes) is 21. The van der Waals surface area contributed by atoms with Crippen molar-refractivity contribution in [2.45, 2.75) is 195 Å². The summed E-state index contributed by atoms with van der Waals surface area (Å²) in [5.41, 5.74) is 7.90. The van der Waals surface area contributed by atoms with Gasteiger partial charge in [0.25, 0.3) is 0 Å². The van der Waals surface area contributed by atoms with Gasteiger partial charge >= 0.3 is 30.5 Å². The van der Waals surface area contributed by atoms with Crippen LogP contribution in [0.2, 0.25) is 0 Å². The van der Waals surface area contributed by atoms with E-state index in [9.17, 15) is 0 Å². The topological polar surface area (TPSA) is 86.2 Å². The van der Waals surface area contributed by atoms with E-state index in [1.165, 1.54) is 207 Å². The summed E-state index contributed by atoms with van der Waals surface area (Å²) in [6.45, 7) is 25.5. The van der Waals surface area contributed by atoms with E-state index in [0.717, 1.165) is 33.1 Å². The molecule has 0 saturated carbocycles. The molecule has 0 aliphatic rings. The normalized spacial score (nSPS) is 11.6. The molecule has 0 aromatic heterocycles. The number of rotatable bonds is 36. The summed E-state index contributed by atoms with van der Waals surface area (Å²) >= 11 is -5.88. The molecule has 0 bridgehead atoms. The number of hydrogen-bond acceptors (Lipinski definition) is 4. The Labute approximate surface area is 442 Å². The average Bonchev–Trinajstić information content (AvgIpc) is 3.32. The van der Waals surface area contributed by atoms with Crippen molar-refractivity contribution in [3.63, 3.8) is 0 Å². The van der Waals surface area contributed by atoms with E-state index in [-0.39, 0.29) is 0 Å². The number of benzene rings is 3. The summed E-state index contributed by atoms with van der Waals surface area (Å²) in [7, 11) is 14.1. The molecule has 0 saturated heterocycles. The van der Waals surface area contributed by atoms with Gasteiger partial charge in [-0.25, -0.2) is 0 Å². The van der Waals surface area contributed by atoms with Crippen LogP contribution in [0.5, 0.6) is 0 Å². The van der Waals surface area contributed by atoms with E-state index >= 15 is 0 Å². The first kappa shape index (κ1) is 68.0. The fraction of sp³-hybridized carbons (Fsp3) is 0.619. The van der Waals surface area contributed by atoms with Gasteiger partial charge in [0.1, 0.15) is 19.6 Å². The van der Waals surface area contributed by atoms with Crippen LogP contribution in [-0.4, -0.2) is 89.9 Å². The van der Waals surface area contributed by atoms with Crippen LogP contribution in [0.4, 0.5) is 0 Å². The summed E-state index contributed by atoms with van der Waals surface area (Å²) < 4.78 is 37.7. The van der Waals surface area contributed by atoms with Crippen LogP contribution in [0.3, 0.4) is 0 Å². The van der Waals surface area contributed by atoms with Crippen molar-refractivity contribution in [2.24, 2.45) is 0 Å². The summed E-state index contributed by atoms with van der Waals surface area (Å²) in [5, 5.41) is 0. The molecule has 0 N–H and O–H groups in total. The third kappa shape index (κ3) is 43.1. The first-order valence-corrected chi connectivity index (χ1v) is 31.1. The Kier molecular flexibility index (Phi) is 39.6. The third-order valence-electron chi connectivity index (χ3n) is 13.3. The van der Waals surface area contributed by atoms with Crippen molar-refractivity contribution >= 4 is 32.7 Å². The van der Waals surface area contributed by atoms with Gasteiger partial charge < -0.3 is 13.4 Å². The average molecular weight is 1050 g/mol. The zero-order valence-electron chi connectivity index (χ0n) is 47.4. The summed E-state index contributed by atoms with van der Waals surface area (Å²) in [6, 6.07) is 26.4. The van der Waals surface area contributed by atoms with Gasteiger partial charge in [-0.2, -0.15) is 0 Å². The summed E-state index contributed by atoms with van der Waals surface area (Å²) in [6.07, 6.45) is 39.3. The molecule has 404 valence electrons. The van der Waals surface area contributed by atoms with Crippen molar-refractivity contribution in [3.05, 3.63) is 126 Å². The Morgan fingerprint density at radius 2 is 0.521 bits per heavy atom. The van der Waals surface area contributed by atoms with Crippen molar-refractivity contribution in [1.82, 2.24) is 0 Å². The van der Waals surface area contributed by atoms with Crippen LogP contribution in [0.15, 0.2) is 92.5 Å². The summed E-state index contributed by atoms with van der Waals surface area (Å²) in [4.78, 5) is 0. The molecular weight excluding hydrogens is 938 g/mol. The van der Waals surface area contributed by atoms with Gasteiger partial charge in [-0.3, -0.25) is 0 Å². The van der Waals surface area contributed by atoms with Crippen LogP contribution >= 0.6 is 0 Å². The Hall–Kier alpha value is -3.00. The van der Waals surface area contributed by atoms with Crippen LogP contribution < -0.4 is 12.3 Å². The first-order chi connectivity index (χ1) is 33.7. The van der Waals surface area contributed by atoms with Crippen LogP contribution in [0.1, 0.15) is 208 Å². The van der Waals surface area contributed by atoms with Gasteiger partial charge in [0.2, 0.25) is 0 Å². The van der Waals surface area contributed by atoms with Gasteiger partial charge in [0.15, 0.2) is 0 Å². The van der Waals surface area contributed by atoms with Crippen LogP contribution in [0, 0.1) is 0 Å². The SMILES string of the molecule is C=Cc1ccc(C[N+](C)(C)CCCCCCCCCC)cc1.C=Cc1ccc(C[N+](C)(C)CCCCCCCCCC)cc1.C=Cc1ccc(C[N+](C)(C)CCCCCCCCCC)cc1.O=[As]([O-])([O-])[O-].